The molecule has 0 spiro atoms. The maximum absolute atomic E-state index is 12.1. The predicted molar refractivity (Wildman–Crippen MR) is 116 cm³/mol. The van der Waals surface area contributed by atoms with Crippen molar-refractivity contribution in [3.05, 3.63) is 88.0 Å². The smallest absolute Gasteiger partial charge is 0.335 e. The fraction of sp³-hybridized carbons (Fsp3) is 0.0909. The molecule has 10 heteroatoms. The molecule has 0 saturated carbocycles. The zero-order valence-corrected chi connectivity index (χ0v) is 16.9. The molecule has 3 heterocycles. The van der Waals surface area contributed by atoms with E-state index in [1.165, 1.54) is 22.9 Å². The van der Waals surface area contributed by atoms with Gasteiger partial charge >= 0.3 is 5.97 Å². The van der Waals surface area contributed by atoms with Crippen molar-refractivity contribution in [2.24, 2.45) is 0 Å². The molecular weight excluding hydrogens is 410 g/mol. The lowest BCUT2D eigenvalue weighted by atomic mass is 10.1. The lowest BCUT2D eigenvalue weighted by Crippen LogP contribution is -2.22. The highest BCUT2D eigenvalue weighted by atomic mass is 16.4. The van der Waals surface area contributed by atoms with Crippen molar-refractivity contribution in [1.29, 1.82) is 0 Å². The van der Waals surface area contributed by atoms with Crippen LogP contribution in [0.2, 0.25) is 0 Å². The number of aromatic carboxylic acids is 1. The van der Waals surface area contributed by atoms with Gasteiger partial charge in [-0.3, -0.25) is 9.89 Å². The molecule has 158 valence electrons. The Morgan fingerprint density at radius 1 is 1.09 bits per heavy atom. The van der Waals surface area contributed by atoms with Gasteiger partial charge in [-0.1, -0.05) is 11.3 Å². The third-order valence-electron chi connectivity index (χ3n) is 5.07. The molecule has 0 fully saturated rings. The number of aromatic amines is 1. The molecule has 0 aliphatic heterocycles. The van der Waals surface area contributed by atoms with E-state index in [4.69, 9.17) is 5.11 Å². The van der Waals surface area contributed by atoms with Crippen LogP contribution in [0, 0.1) is 6.92 Å². The summed E-state index contributed by atoms with van der Waals surface area (Å²) in [5, 5.41) is 29.9. The number of fused-ring (bicyclic) bond motifs is 1. The van der Waals surface area contributed by atoms with Crippen LogP contribution in [0.15, 0.2) is 65.6 Å². The summed E-state index contributed by atoms with van der Waals surface area (Å²) in [6.07, 6.45) is 1.73. The van der Waals surface area contributed by atoms with E-state index in [0.717, 1.165) is 22.2 Å². The van der Waals surface area contributed by atoms with Gasteiger partial charge in [0.1, 0.15) is 11.4 Å². The average Bonchev–Trinajstić information content (AvgIpc) is 3.43. The fourth-order valence-corrected chi connectivity index (χ4v) is 3.45. The molecular formula is C22H17N7O3. The van der Waals surface area contributed by atoms with Crippen LogP contribution in [-0.2, 0) is 6.54 Å². The van der Waals surface area contributed by atoms with Gasteiger partial charge in [0.25, 0.3) is 5.56 Å². The Morgan fingerprint density at radius 3 is 2.69 bits per heavy atom. The number of carboxylic acids is 1. The molecule has 2 N–H and O–H groups in total. The molecule has 5 aromatic rings. The second kappa shape index (κ2) is 7.58. The number of benzene rings is 2. The first-order valence-corrected chi connectivity index (χ1v) is 9.76. The van der Waals surface area contributed by atoms with Crippen LogP contribution >= 0.6 is 0 Å². The molecule has 0 unspecified atom stereocenters. The van der Waals surface area contributed by atoms with E-state index in [0.29, 0.717) is 23.6 Å². The highest BCUT2D eigenvalue weighted by Crippen LogP contribution is 2.26. The Kier molecular flexibility index (Phi) is 4.59. The normalized spacial score (nSPS) is 11.2. The molecule has 0 bridgehead atoms. The molecule has 5 rings (SSSR count). The molecule has 0 amide bonds. The van der Waals surface area contributed by atoms with Crippen LogP contribution in [-0.4, -0.2) is 46.0 Å². The van der Waals surface area contributed by atoms with Crippen molar-refractivity contribution in [3.8, 4) is 17.1 Å². The van der Waals surface area contributed by atoms with Crippen molar-refractivity contribution in [1.82, 2.24) is 35.0 Å². The topological polar surface area (TPSA) is 132 Å². The average molecular weight is 427 g/mol. The predicted octanol–water partition coefficient (Wildman–Crippen LogP) is 2.42. The Labute approximate surface area is 180 Å². The monoisotopic (exact) mass is 427 g/mol. The fourth-order valence-electron chi connectivity index (χ4n) is 3.45. The molecule has 3 aromatic heterocycles. The minimum Gasteiger partial charge on any atom is -0.478 e. The maximum atomic E-state index is 12.1. The van der Waals surface area contributed by atoms with Gasteiger partial charge in [-0.2, -0.15) is 10.2 Å². The Bertz CT molecular complexity index is 1510. The molecule has 0 aliphatic rings. The van der Waals surface area contributed by atoms with Crippen LogP contribution < -0.4 is 5.56 Å². The van der Waals surface area contributed by atoms with Gasteiger partial charge in [0.15, 0.2) is 0 Å². The van der Waals surface area contributed by atoms with Crippen LogP contribution in [0.25, 0.3) is 28.0 Å². The number of hydrogen-bond donors (Lipinski definition) is 2. The number of H-pyrrole nitrogens is 1. The third-order valence-corrected chi connectivity index (χ3v) is 5.07. The van der Waals surface area contributed by atoms with Crippen molar-refractivity contribution in [2.75, 3.05) is 0 Å². The Morgan fingerprint density at radius 2 is 1.91 bits per heavy atom. The molecule has 32 heavy (non-hydrogen) atoms. The van der Waals surface area contributed by atoms with Crippen LogP contribution in [0.4, 0.5) is 0 Å². The quantitative estimate of drug-likeness (QED) is 0.440. The lowest BCUT2D eigenvalue weighted by Gasteiger charge is -2.05. The summed E-state index contributed by atoms with van der Waals surface area (Å²) in [7, 11) is 0. The lowest BCUT2D eigenvalue weighted by molar-refractivity contribution is 0.0697. The van der Waals surface area contributed by atoms with Gasteiger partial charge in [-0.05, 0) is 55.0 Å². The molecule has 0 aliphatic carbocycles. The van der Waals surface area contributed by atoms with E-state index in [9.17, 15) is 9.59 Å². The van der Waals surface area contributed by atoms with Gasteiger partial charge < -0.3 is 5.11 Å². The van der Waals surface area contributed by atoms with Crippen molar-refractivity contribution < 1.29 is 9.90 Å². The summed E-state index contributed by atoms with van der Waals surface area (Å²) < 4.78 is 2.98. The van der Waals surface area contributed by atoms with E-state index >= 15 is 0 Å². The van der Waals surface area contributed by atoms with Crippen LogP contribution in [0.1, 0.15) is 21.6 Å². The standard InChI is InChI=1S/C22H17N7O3/c1-13-2-9-20(30)29(26-13)11-14-3-8-18-17(10-14)21(25-23-18)19-12-28(27-24-19)16-6-4-15(5-7-16)22(31)32/h2-10,12H,11H2,1H3,(H,23,25)(H,31,32). The third kappa shape index (κ3) is 3.54. The number of hydrogen-bond acceptors (Lipinski definition) is 6. The Balaban J connectivity index is 1.48. The summed E-state index contributed by atoms with van der Waals surface area (Å²) in [5.74, 6) is -0.988. The van der Waals surface area contributed by atoms with Gasteiger partial charge in [-0.25, -0.2) is 14.2 Å². The van der Waals surface area contributed by atoms with E-state index in [2.05, 4.69) is 25.6 Å². The summed E-state index contributed by atoms with van der Waals surface area (Å²) in [6.45, 7) is 2.18. The number of nitrogens with one attached hydrogen (secondary N) is 1. The van der Waals surface area contributed by atoms with Gasteiger partial charge in [0.05, 0.1) is 35.2 Å². The highest BCUT2D eigenvalue weighted by molar-refractivity contribution is 5.92. The van der Waals surface area contributed by atoms with Crippen molar-refractivity contribution in [3.63, 3.8) is 0 Å². The molecule has 0 saturated heterocycles. The van der Waals surface area contributed by atoms with Crippen LogP contribution in [0.3, 0.4) is 0 Å². The zero-order valence-electron chi connectivity index (χ0n) is 16.9. The largest absolute Gasteiger partial charge is 0.478 e. The summed E-state index contributed by atoms with van der Waals surface area (Å²) >= 11 is 0. The summed E-state index contributed by atoms with van der Waals surface area (Å²) in [4.78, 5) is 23.1. The van der Waals surface area contributed by atoms with Crippen LogP contribution in [0.5, 0.6) is 0 Å². The SMILES string of the molecule is Cc1ccc(=O)n(Cc2ccc3[nH]nc(-c4cn(-c5ccc(C(=O)O)cc5)nn4)c3c2)n1. The first kappa shape index (κ1) is 19.4. The molecule has 0 atom stereocenters. The minimum atomic E-state index is -0.988. The Hall–Kier alpha value is -4.60. The number of carbonyl (C=O) groups is 1. The first-order valence-electron chi connectivity index (χ1n) is 9.76. The highest BCUT2D eigenvalue weighted by Gasteiger charge is 2.14. The maximum Gasteiger partial charge on any atom is 0.335 e. The summed E-state index contributed by atoms with van der Waals surface area (Å²) in [5.41, 5.74) is 4.39. The number of nitrogens with zero attached hydrogens (tertiary/aromatic N) is 6. The molecule has 0 radical (unpaired) electrons. The summed E-state index contributed by atoms with van der Waals surface area (Å²) in [6, 6.07) is 15.3. The zero-order chi connectivity index (χ0) is 22.2. The second-order valence-electron chi connectivity index (χ2n) is 7.32. The van der Waals surface area contributed by atoms with E-state index in [-0.39, 0.29) is 11.1 Å². The number of aryl methyl sites for hydroxylation is 1. The number of aromatic nitrogens is 7. The molecule has 10 nitrogen and oxygen atoms in total. The minimum absolute atomic E-state index is 0.167. The second-order valence-corrected chi connectivity index (χ2v) is 7.32. The number of rotatable bonds is 5. The van der Waals surface area contributed by atoms with Crippen molar-refractivity contribution >= 4 is 16.9 Å². The van der Waals surface area contributed by atoms with Crippen molar-refractivity contribution in [2.45, 2.75) is 13.5 Å². The first-order chi connectivity index (χ1) is 15.5. The van der Waals surface area contributed by atoms with E-state index in [1.54, 1.807) is 29.1 Å². The van der Waals surface area contributed by atoms with Gasteiger partial charge in [-0.15, -0.1) is 5.10 Å². The van der Waals surface area contributed by atoms with Gasteiger partial charge in [0.2, 0.25) is 0 Å². The van der Waals surface area contributed by atoms with E-state index in [1.807, 2.05) is 25.1 Å². The van der Waals surface area contributed by atoms with E-state index < -0.39 is 5.97 Å². The molecule has 2 aromatic carbocycles. The number of carboxylic acid groups (broad SMARTS) is 1. The van der Waals surface area contributed by atoms with Gasteiger partial charge in [0, 0.05) is 11.5 Å².